The third kappa shape index (κ3) is 6.64. The molecule has 0 atom stereocenters. The van der Waals surface area contributed by atoms with E-state index in [0.717, 1.165) is 4.90 Å². The number of thioether (sulfide) groups is 1. The number of hydrogen-bond acceptors (Lipinski definition) is 6. The SMILES string of the molecule is O=C(CSc1ccc2n[nH]nc2c1)N1CCN(C(=O)OCc2cc(C(F)(F)F)cc(C(F)(F)F)c2)CC1. The third-order valence-corrected chi connectivity index (χ3v) is 6.53. The minimum atomic E-state index is -5.00. The van der Waals surface area contributed by atoms with E-state index in [1.807, 2.05) is 6.07 Å². The van der Waals surface area contributed by atoms with Gasteiger partial charge in [0.2, 0.25) is 5.91 Å². The summed E-state index contributed by atoms with van der Waals surface area (Å²) in [5.74, 6) is 0.00662. The quantitative estimate of drug-likeness (QED) is 0.372. The number of nitrogens with one attached hydrogen (secondary N) is 1. The van der Waals surface area contributed by atoms with Crippen molar-refractivity contribution in [3.63, 3.8) is 0 Å². The molecule has 1 fully saturated rings. The van der Waals surface area contributed by atoms with Crippen molar-refractivity contribution in [2.24, 2.45) is 0 Å². The molecule has 198 valence electrons. The average molecular weight is 547 g/mol. The van der Waals surface area contributed by atoms with Crippen LogP contribution in [-0.2, 0) is 28.5 Å². The van der Waals surface area contributed by atoms with Gasteiger partial charge >= 0.3 is 18.4 Å². The van der Waals surface area contributed by atoms with E-state index in [-0.39, 0.29) is 43.9 Å². The molecule has 0 saturated carbocycles. The Balaban J connectivity index is 1.27. The fourth-order valence-electron chi connectivity index (χ4n) is 3.62. The lowest BCUT2D eigenvalue weighted by Gasteiger charge is -2.34. The first-order valence-electron chi connectivity index (χ1n) is 10.8. The second-order valence-electron chi connectivity index (χ2n) is 8.10. The minimum Gasteiger partial charge on any atom is -0.445 e. The van der Waals surface area contributed by atoms with Crippen LogP contribution in [0.4, 0.5) is 31.1 Å². The summed E-state index contributed by atoms with van der Waals surface area (Å²) in [5, 5.41) is 10.5. The van der Waals surface area contributed by atoms with Gasteiger partial charge in [0.1, 0.15) is 17.6 Å². The molecular formula is C22H19F6N5O3S. The molecule has 8 nitrogen and oxygen atoms in total. The lowest BCUT2D eigenvalue weighted by atomic mass is 10.1. The summed E-state index contributed by atoms with van der Waals surface area (Å²) in [5.41, 5.74) is -2.04. The number of carbonyl (C=O) groups excluding carboxylic acids is 2. The molecular weight excluding hydrogens is 528 g/mol. The molecule has 2 amide bonds. The Morgan fingerprint density at radius 2 is 1.46 bits per heavy atom. The van der Waals surface area contributed by atoms with Crippen molar-refractivity contribution in [2.75, 3.05) is 31.9 Å². The number of H-pyrrole nitrogens is 1. The number of amides is 2. The summed E-state index contributed by atoms with van der Waals surface area (Å²) >= 11 is 1.32. The summed E-state index contributed by atoms with van der Waals surface area (Å²) in [6.45, 7) is -0.137. The Morgan fingerprint density at radius 3 is 2.08 bits per heavy atom. The number of aromatic nitrogens is 3. The largest absolute Gasteiger partial charge is 0.445 e. The zero-order valence-electron chi connectivity index (χ0n) is 18.9. The fourth-order valence-corrected chi connectivity index (χ4v) is 4.46. The number of halogens is 6. The van der Waals surface area contributed by atoms with E-state index < -0.39 is 41.7 Å². The van der Waals surface area contributed by atoms with Crippen LogP contribution in [0, 0.1) is 0 Å². The van der Waals surface area contributed by atoms with E-state index in [9.17, 15) is 35.9 Å². The Hall–Kier alpha value is -3.49. The van der Waals surface area contributed by atoms with Gasteiger partial charge in [-0.2, -0.15) is 41.8 Å². The smallest absolute Gasteiger partial charge is 0.416 e. The van der Waals surface area contributed by atoms with Gasteiger partial charge < -0.3 is 14.5 Å². The first kappa shape index (κ1) is 26.6. The number of hydrogen-bond donors (Lipinski definition) is 1. The number of ether oxygens (including phenoxy) is 1. The van der Waals surface area contributed by atoms with Gasteiger partial charge in [-0.3, -0.25) is 4.79 Å². The van der Waals surface area contributed by atoms with Crippen LogP contribution < -0.4 is 0 Å². The van der Waals surface area contributed by atoms with E-state index in [0.29, 0.717) is 23.2 Å². The highest BCUT2D eigenvalue weighted by atomic mass is 32.2. The van der Waals surface area contributed by atoms with Gasteiger partial charge in [-0.25, -0.2) is 4.79 Å². The number of alkyl halides is 6. The second kappa shape index (κ2) is 10.5. The molecule has 1 saturated heterocycles. The lowest BCUT2D eigenvalue weighted by Crippen LogP contribution is -2.51. The van der Waals surface area contributed by atoms with Crippen LogP contribution in [0.1, 0.15) is 16.7 Å². The monoisotopic (exact) mass is 547 g/mol. The van der Waals surface area contributed by atoms with E-state index in [2.05, 4.69) is 15.4 Å². The van der Waals surface area contributed by atoms with Crippen LogP contribution in [0.2, 0.25) is 0 Å². The summed E-state index contributed by atoms with van der Waals surface area (Å²) in [7, 11) is 0. The van der Waals surface area contributed by atoms with Gasteiger partial charge in [0.05, 0.1) is 16.9 Å². The Morgan fingerprint density at radius 1 is 0.865 bits per heavy atom. The molecule has 37 heavy (non-hydrogen) atoms. The number of carbonyl (C=O) groups is 2. The second-order valence-corrected chi connectivity index (χ2v) is 9.15. The predicted molar refractivity (Wildman–Crippen MR) is 119 cm³/mol. The van der Waals surface area contributed by atoms with Crippen molar-refractivity contribution in [1.29, 1.82) is 0 Å². The van der Waals surface area contributed by atoms with Gasteiger partial charge in [-0.05, 0) is 42.0 Å². The van der Waals surface area contributed by atoms with E-state index >= 15 is 0 Å². The molecule has 0 radical (unpaired) electrons. The van der Waals surface area contributed by atoms with Gasteiger partial charge in [-0.15, -0.1) is 11.8 Å². The highest BCUT2D eigenvalue weighted by Gasteiger charge is 2.37. The van der Waals surface area contributed by atoms with Gasteiger partial charge in [0.25, 0.3) is 0 Å². The number of aromatic amines is 1. The molecule has 2 aromatic carbocycles. The molecule has 3 aromatic rings. The molecule has 0 bridgehead atoms. The van der Waals surface area contributed by atoms with Gasteiger partial charge in [0.15, 0.2) is 0 Å². The maximum Gasteiger partial charge on any atom is 0.416 e. The van der Waals surface area contributed by atoms with Gasteiger partial charge in [-0.1, -0.05) is 0 Å². The Kier molecular flexibility index (Phi) is 7.52. The minimum absolute atomic E-state index is 0.00648. The number of piperazine rings is 1. The predicted octanol–water partition coefficient (Wildman–Crippen LogP) is 4.57. The molecule has 1 aliphatic rings. The molecule has 0 unspecified atom stereocenters. The zero-order chi connectivity index (χ0) is 26.8. The maximum absolute atomic E-state index is 13.0. The van der Waals surface area contributed by atoms with Crippen molar-refractivity contribution in [3.05, 3.63) is 53.1 Å². The van der Waals surface area contributed by atoms with Crippen LogP contribution in [0.15, 0.2) is 41.3 Å². The molecule has 0 aliphatic carbocycles. The van der Waals surface area contributed by atoms with E-state index in [1.165, 1.54) is 16.7 Å². The molecule has 1 aliphatic heterocycles. The van der Waals surface area contributed by atoms with Crippen LogP contribution in [-0.4, -0.2) is 69.1 Å². The first-order chi connectivity index (χ1) is 17.4. The molecule has 4 rings (SSSR count). The highest BCUT2D eigenvalue weighted by Crippen LogP contribution is 2.36. The lowest BCUT2D eigenvalue weighted by molar-refractivity contribution is -0.143. The fraction of sp³-hybridized carbons (Fsp3) is 0.364. The van der Waals surface area contributed by atoms with Gasteiger partial charge in [0, 0.05) is 31.1 Å². The molecule has 0 spiro atoms. The first-order valence-corrected chi connectivity index (χ1v) is 11.8. The molecule has 2 heterocycles. The highest BCUT2D eigenvalue weighted by molar-refractivity contribution is 8.00. The summed E-state index contributed by atoms with van der Waals surface area (Å²) in [4.78, 5) is 28.5. The topological polar surface area (TPSA) is 91.4 Å². The van der Waals surface area contributed by atoms with E-state index in [4.69, 9.17) is 4.74 Å². The maximum atomic E-state index is 13.0. The van der Waals surface area contributed by atoms with Crippen molar-refractivity contribution in [1.82, 2.24) is 25.2 Å². The van der Waals surface area contributed by atoms with Crippen LogP contribution >= 0.6 is 11.8 Å². The van der Waals surface area contributed by atoms with Crippen molar-refractivity contribution >= 4 is 34.8 Å². The zero-order valence-corrected chi connectivity index (χ0v) is 19.7. The number of fused-ring (bicyclic) bond motifs is 1. The Labute approximate surface area is 209 Å². The molecule has 1 aromatic heterocycles. The number of nitrogens with zero attached hydrogens (tertiary/aromatic N) is 4. The third-order valence-electron chi connectivity index (χ3n) is 5.55. The van der Waals surface area contributed by atoms with Crippen molar-refractivity contribution in [3.8, 4) is 0 Å². The summed E-state index contributed by atoms with van der Waals surface area (Å²) in [6, 6.07) is 6.42. The number of benzene rings is 2. The van der Waals surface area contributed by atoms with Crippen molar-refractivity contribution < 1.29 is 40.7 Å². The molecule has 15 heteroatoms. The summed E-state index contributed by atoms with van der Waals surface area (Å²) < 4.78 is 83.0. The Bertz CT molecular complexity index is 1260. The summed E-state index contributed by atoms with van der Waals surface area (Å²) in [6.07, 6.45) is -10.9. The molecule has 1 N–H and O–H groups in total. The standard InChI is InChI=1S/C22H19F6N5O3S/c23-21(24,25)14-7-13(8-15(9-14)22(26,27)28)11-36-20(35)33-5-3-32(4-6-33)19(34)12-37-16-1-2-17-18(10-16)30-31-29-17/h1-2,7-10H,3-6,11-12H2,(H,29,30,31). The van der Waals surface area contributed by atoms with E-state index in [1.54, 1.807) is 17.0 Å². The van der Waals surface area contributed by atoms with Crippen LogP contribution in [0.25, 0.3) is 11.0 Å². The normalized spacial score (nSPS) is 14.8. The van der Waals surface area contributed by atoms with Crippen LogP contribution in [0.5, 0.6) is 0 Å². The van der Waals surface area contributed by atoms with Crippen LogP contribution in [0.3, 0.4) is 0 Å². The van der Waals surface area contributed by atoms with Crippen molar-refractivity contribution in [2.45, 2.75) is 23.9 Å². The number of rotatable bonds is 5. The average Bonchev–Trinajstić information content (AvgIpc) is 3.32.